The van der Waals surface area contributed by atoms with Crippen LogP contribution in [-0.2, 0) is 0 Å². The van der Waals surface area contributed by atoms with Gasteiger partial charge in [-0.1, -0.05) is 20.3 Å². The van der Waals surface area contributed by atoms with Crippen LogP contribution in [0.5, 0.6) is 0 Å². The minimum Gasteiger partial charge on any atom is -0.247 e. The van der Waals surface area contributed by atoms with E-state index in [9.17, 15) is 4.39 Å². The highest BCUT2D eigenvalue weighted by Crippen LogP contribution is 2.35. The quantitative estimate of drug-likeness (QED) is 0.570. The van der Waals surface area contributed by atoms with Gasteiger partial charge in [0.15, 0.2) is 0 Å². The van der Waals surface area contributed by atoms with Crippen molar-refractivity contribution in [2.75, 3.05) is 0 Å². The maximum atomic E-state index is 12.3. The van der Waals surface area contributed by atoms with E-state index in [1.165, 1.54) is 12.8 Å². The zero-order chi connectivity index (χ0) is 7.56. The van der Waals surface area contributed by atoms with Gasteiger partial charge in [-0.3, -0.25) is 0 Å². The molecule has 60 valence electrons. The SMILES string of the molecule is CCC(C)CC1CC(F)C1. The minimum absolute atomic E-state index is 0.464. The molecule has 0 aromatic heterocycles. The fraction of sp³-hybridized carbons (Fsp3) is 1.00. The van der Waals surface area contributed by atoms with E-state index in [0.29, 0.717) is 5.92 Å². The van der Waals surface area contributed by atoms with Crippen molar-refractivity contribution in [3.05, 3.63) is 0 Å². The van der Waals surface area contributed by atoms with E-state index in [-0.39, 0.29) is 0 Å². The number of hydrogen-bond acceptors (Lipinski definition) is 0. The molecule has 0 saturated heterocycles. The maximum Gasteiger partial charge on any atom is 0.101 e. The Morgan fingerprint density at radius 1 is 1.50 bits per heavy atom. The highest BCUT2D eigenvalue weighted by molar-refractivity contribution is 4.79. The molecule has 1 unspecified atom stereocenters. The molecule has 1 aliphatic rings. The van der Waals surface area contributed by atoms with E-state index >= 15 is 0 Å². The molecule has 0 bridgehead atoms. The van der Waals surface area contributed by atoms with E-state index in [1.807, 2.05) is 0 Å². The highest BCUT2D eigenvalue weighted by Gasteiger charge is 2.29. The lowest BCUT2D eigenvalue weighted by Gasteiger charge is -2.31. The summed E-state index contributed by atoms with van der Waals surface area (Å²) in [7, 11) is 0. The van der Waals surface area contributed by atoms with Gasteiger partial charge in [-0.2, -0.15) is 0 Å². The van der Waals surface area contributed by atoms with Crippen LogP contribution in [0, 0.1) is 11.8 Å². The predicted octanol–water partition coefficient (Wildman–Crippen LogP) is 3.17. The number of rotatable bonds is 3. The van der Waals surface area contributed by atoms with Crippen LogP contribution < -0.4 is 0 Å². The molecule has 1 aliphatic carbocycles. The van der Waals surface area contributed by atoms with Gasteiger partial charge in [0.25, 0.3) is 0 Å². The third kappa shape index (κ3) is 1.96. The third-order valence-corrected chi connectivity index (χ3v) is 2.61. The normalized spacial score (nSPS) is 35.1. The molecule has 1 saturated carbocycles. The van der Waals surface area contributed by atoms with Gasteiger partial charge in [-0.05, 0) is 31.1 Å². The molecule has 0 N–H and O–H groups in total. The molecular formula is C9H17F. The monoisotopic (exact) mass is 144 g/mol. The zero-order valence-corrected chi connectivity index (χ0v) is 6.94. The summed E-state index contributed by atoms with van der Waals surface area (Å²) in [6.45, 7) is 4.46. The van der Waals surface area contributed by atoms with Gasteiger partial charge in [0.1, 0.15) is 6.17 Å². The standard InChI is InChI=1S/C9H17F/c1-3-7(2)4-8-5-9(10)6-8/h7-9H,3-6H2,1-2H3. The Balaban J connectivity index is 2.04. The fourth-order valence-corrected chi connectivity index (χ4v) is 1.58. The molecule has 10 heavy (non-hydrogen) atoms. The zero-order valence-electron chi connectivity index (χ0n) is 6.94. The molecule has 1 heteroatoms. The minimum atomic E-state index is -0.464. The second-order valence-corrected chi connectivity index (χ2v) is 3.68. The Morgan fingerprint density at radius 3 is 2.50 bits per heavy atom. The van der Waals surface area contributed by atoms with Gasteiger partial charge in [0.2, 0.25) is 0 Å². The van der Waals surface area contributed by atoms with Crippen molar-refractivity contribution < 1.29 is 4.39 Å². The van der Waals surface area contributed by atoms with Crippen molar-refractivity contribution in [2.24, 2.45) is 11.8 Å². The van der Waals surface area contributed by atoms with Gasteiger partial charge in [0, 0.05) is 0 Å². The number of hydrogen-bond donors (Lipinski definition) is 0. The number of alkyl halides is 1. The van der Waals surface area contributed by atoms with Gasteiger partial charge in [-0.25, -0.2) is 4.39 Å². The topological polar surface area (TPSA) is 0 Å². The lowest BCUT2D eigenvalue weighted by molar-refractivity contribution is 0.111. The van der Waals surface area contributed by atoms with Crippen LogP contribution in [0.1, 0.15) is 39.5 Å². The van der Waals surface area contributed by atoms with Crippen molar-refractivity contribution in [1.29, 1.82) is 0 Å². The Morgan fingerprint density at radius 2 is 2.10 bits per heavy atom. The molecule has 0 amide bonds. The first-order chi connectivity index (χ1) is 4.72. The largest absolute Gasteiger partial charge is 0.247 e. The summed E-state index contributed by atoms with van der Waals surface area (Å²) in [4.78, 5) is 0. The second kappa shape index (κ2) is 3.36. The summed E-state index contributed by atoms with van der Waals surface area (Å²) in [5, 5.41) is 0. The lowest BCUT2D eigenvalue weighted by atomic mass is 9.77. The third-order valence-electron chi connectivity index (χ3n) is 2.61. The molecule has 0 radical (unpaired) electrons. The van der Waals surface area contributed by atoms with E-state index in [4.69, 9.17) is 0 Å². The lowest BCUT2D eigenvalue weighted by Crippen LogP contribution is -2.26. The van der Waals surface area contributed by atoms with Crippen LogP contribution in [-0.4, -0.2) is 6.17 Å². The molecule has 0 aliphatic heterocycles. The van der Waals surface area contributed by atoms with Crippen molar-refractivity contribution in [3.63, 3.8) is 0 Å². The molecule has 1 rings (SSSR count). The van der Waals surface area contributed by atoms with Crippen LogP contribution in [0.3, 0.4) is 0 Å². The first-order valence-electron chi connectivity index (χ1n) is 4.36. The summed E-state index contributed by atoms with van der Waals surface area (Å²) in [6.07, 6.45) is 3.70. The van der Waals surface area contributed by atoms with Crippen LogP contribution in [0.4, 0.5) is 4.39 Å². The van der Waals surface area contributed by atoms with Crippen molar-refractivity contribution in [2.45, 2.75) is 45.7 Å². The van der Waals surface area contributed by atoms with Gasteiger partial charge in [0.05, 0.1) is 0 Å². The molecular weight excluding hydrogens is 127 g/mol. The van der Waals surface area contributed by atoms with E-state index < -0.39 is 6.17 Å². The summed E-state index contributed by atoms with van der Waals surface area (Å²) in [6, 6.07) is 0. The Labute approximate surface area is 62.8 Å². The molecule has 0 aromatic rings. The van der Waals surface area contributed by atoms with Gasteiger partial charge in [-0.15, -0.1) is 0 Å². The maximum absolute atomic E-state index is 12.3. The number of halogens is 1. The Bertz CT molecular complexity index is 94.9. The summed E-state index contributed by atoms with van der Waals surface area (Å²) >= 11 is 0. The highest BCUT2D eigenvalue weighted by atomic mass is 19.1. The van der Waals surface area contributed by atoms with Crippen LogP contribution >= 0.6 is 0 Å². The average molecular weight is 144 g/mol. The molecule has 0 heterocycles. The molecule has 0 aromatic carbocycles. The molecule has 0 spiro atoms. The van der Waals surface area contributed by atoms with Crippen molar-refractivity contribution in [1.82, 2.24) is 0 Å². The molecule has 0 nitrogen and oxygen atoms in total. The fourth-order valence-electron chi connectivity index (χ4n) is 1.58. The van der Waals surface area contributed by atoms with Gasteiger partial charge >= 0.3 is 0 Å². The first-order valence-corrected chi connectivity index (χ1v) is 4.36. The average Bonchev–Trinajstić information content (AvgIpc) is 1.84. The van der Waals surface area contributed by atoms with Gasteiger partial charge < -0.3 is 0 Å². The summed E-state index contributed by atoms with van der Waals surface area (Å²) in [5.41, 5.74) is 0. The Hall–Kier alpha value is -0.0700. The first kappa shape index (κ1) is 8.03. The van der Waals surface area contributed by atoms with Crippen molar-refractivity contribution in [3.8, 4) is 0 Å². The van der Waals surface area contributed by atoms with E-state index in [2.05, 4.69) is 13.8 Å². The summed E-state index contributed by atoms with van der Waals surface area (Å²) < 4.78 is 12.3. The summed E-state index contributed by atoms with van der Waals surface area (Å²) in [5.74, 6) is 1.52. The second-order valence-electron chi connectivity index (χ2n) is 3.68. The predicted molar refractivity (Wildman–Crippen MR) is 41.7 cm³/mol. The van der Waals surface area contributed by atoms with E-state index in [0.717, 1.165) is 18.8 Å². The van der Waals surface area contributed by atoms with Crippen LogP contribution in [0.15, 0.2) is 0 Å². The molecule has 1 atom stereocenters. The van der Waals surface area contributed by atoms with Crippen molar-refractivity contribution >= 4 is 0 Å². The van der Waals surface area contributed by atoms with Crippen LogP contribution in [0.25, 0.3) is 0 Å². The Kier molecular flexibility index (Phi) is 2.70. The smallest absolute Gasteiger partial charge is 0.101 e. The molecule has 1 fully saturated rings. The van der Waals surface area contributed by atoms with E-state index in [1.54, 1.807) is 0 Å². The van der Waals surface area contributed by atoms with Crippen LogP contribution in [0.2, 0.25) is 0 Å².